The van der Waals surface area contributed by atoms with E-state index < -0.39 is 6.09 Å². The Morgan fingerprint density at radius 3 is 2.92 bits per heavy atom. The summed E-state index contributed by atoms with van der Waals surface area (Å²) < 4.78 is 5.87. The zero-order chi connectivity index (χ0) is 17.9. The van der Waals surface area contributed by atoms with Crippen molar-refractivity contribution < 1.29 is 14.6 Å². The van der Waals surface area contributed by atoms with Crippen molar-refractivity contribution in [2.45, 2.75) is 44.7 Å². The molecule has 1 fully saturated rings. The van der Waals surface area contributed by atoms with Crippen LogP contribution in [-0.2, 0) is 13.0 Å². The maximum atomic E-state index is 11.2. The van der Waals surface area contributed by atoms with E-state index in [4.69, 9.17) is 4.74 Å². The summed E-state index contributed by atoms with van der Waals surface area (Å²) in [6, 6.07) is 7.88. The fourth-order valence-corrected chi connectivity index (χ4v) is 3.67. The zero-order valence-corrected chi connectivity index (χ0v) is 14.5. The molecule has 2 aromatic rings. The molecule has 7 nitrogen and oxygen atoms in total. The van der Waals surface area contributed by atoms with Crippen molar-refractivity contribution in [1.29, 1.82) is 0 Å². The maximum Gasteiger partial charge on any atom is 0.411 e. The molecule has 0 atom stereocenters. The van der Waals surface area contributed by atoms with Crippen molar-refractivity contribution in [2.24, 2.45) is 0 Å². The van der Waals surface area contributed by atoms with Gasteiger partial charge in [-0.3, -0.25) is 4.90 Å². The van der Waals surface area contributed by atoms with E-state index in [9.17, 15) is 9.90 Å². The van der Waals surface area contributed by atoms with Crippen LogP contribution in [0, 0.1) is 0 Å². The number of fused-ring (bicyclic) bond motifs is 1. The van der Waals surface area contributed by atoms with Crippen molar-refractivity contribution in [2.75, 3.05) is 11.4 Å². The van der Waals surface area contributed by atoms with E-state index in [0.29, 0.717) is 37.2 Å². The first-order valence-corrected chi connectivity index (χ1v) is 9.04. The summed E-state index contributed by atoms with van der Waals surface area (Å²) in [5, 5.41) is 12.7. The molecule has 1 amide bonds. The SMILES string of the molecule is O=C(O)N1CCc2cc(Oc3cc(CNC4CCCC4)ncn3)ccc21. The first kappa shape index (κ1) is 16.8. The Morgan fingerprint density at radius 1 is 1.27 bits per heavy atom. The highest BCUT2D eigenvalue weighted by Gasteiger charge is 2.24. The molecule has 4 rings (SSSR count). The van der Waals surface area contributed by atoms with Crippen molar-refractivity contribution in [1.82, 2.24) is 15.3 Å². The van der Waals surface area contributed by atoms with Crippen LogP contribution in [-0.4, -0.2) is 33.8 Å². The lowest BCUT2D eigenvalue weighted by Crippen LogP contribution is -2.26. The summed E-state index contributed by atoms with van der Waals surface area (Å²) in [5.74, 6) is 1.15. The van der Waals surface area contributed by atoms with Crippen molar-refractivity contribution in [3.05, 3.63) is 41.9 Å². The summed E-state index contributed by atoms with van der Waals surface area (Å²) in [6.45, 7) is 1.19. The predicted octanol–water partition coefficient (Wildman–Crippen LogP) is 3.34. The van der Waals surface area contributed by atoms with Crippen LogP contribution >= 0.6 is 0 Å². The van der Waals surface area contributed by atoms with Gasteiger partial charge in [0, 0.05) is 25.2 Å². The molecule has 136 valence electrons. The third kappa shape index (κ3) is 3.62. The molecule has 1 saturated carbocycles. The molecule has 2 N–H and O–H groups in total. The monoisotopic (exact) mass is 354 g/mol. The molecule has 1 aromatic carbocycles. The Bertz CT molecular complexity index is 805. The summed E-state index contributed by atoms with van der Waals surface area (Å²) in [5.41, 5.74) is 2.61. The Balaban J connectivity index is 1.42. The predicted molar refractivity (Wildman–Crippen MR) is 96.7 cm³/mol. The van der Waals surface area contributed by atoms with Gasteiger partial charge in [0.1, 0.15) is 12.1 Å². The summed E-state index contributed by atoms with van der Waals surface area (Å²) in [4.78, 5) is 21.1. The summed E-state index contributed by atoms with van der Waals surface area (Å²) >= 11 is 0. The third-order valence-corrected chi connectivity index (χ3v) is 5.03. The second kappa shape index (κ2) is 7.29. The number of anilines is 1. The van der Waals surface area contributed by atoms with Gasteiger partial charge in [0.05, 0.1) is 11.4 Å². The van der Waals surface area contributed by atoms with Gasteiger partial charge in [-0.15, -0.1) is 0 Å². The number of nitrogens with one attached hydrogen (secondary N) is 1. The summed E-state index contributed by atoms with van der Waals surface area (Å²) in [7, 11) is 0. The Hall–Kier alpha value is -2.67. The van der Waals surface area contributed by atoms with Crippen molar-refractivity contribution >= 4 is 11.8 Å². The molecular formula is C19H22N4O3. The van der Waals surface area contributed by atoms with Crippen molar-refractivity contribution in [3.8, 4) is 11.6 Å². The van der Waals surface area contributed by atoms with Gasteiger partial charge in [0.2, 0.25) is 5.88 Å². The number of hydrogen-bond donors (Lipinski definition) is 2. The smallest absolute Gasteiger partial charge is 0.411 e. The van der Waals surface area contributed by atoms with Gasteiger partial charge in [-0.05, 0) is 43.0 Å². The lowest BCUT2D eigenvalue weighted by molar-refractivity contribution is 0.202. The number of carbonyl (C=O) groups is 1. The van der Waals surface area contributed by atoms with Gasteiger partial charge in [0.25, 0.3) is 0 Å². The number of hydrogen-bond acceptors (Lipinski definition) is 5. The van der Waals surface area contributed by atoms with E-state index >= 15 is 0 Å². The van der Waals surface area contributed by atoms with Crippen LogP contribution in [0.3, 0.4) is 0 Å². The van der Waals surface area contributed by atoms with Gasteiger partial charge in [-0.2, -0.15) is 0 Å². The van der Waals surface area contributed by atoms with Crippen LogP contribution in [0.1, 0.15) is 36.9 Å². The molecule has 0 bridgehead atoms. The van der Waals surface area contributed by atoms with Crippen LogP contribution in [0.25, 0.3) is 0 Å². The number of ether oxygens (including phenoxy) is 1. The fourth-order valence-electron chi connectivity index (χ4n) is 3.67. The van der Waals surface area contributed by atoms with Crippen LogP contribution < -0.4 is 15.0 Å². The van der Waals surface area contributed by atoms with E-state index in [2.05, 4.69) is 15.3 Å². The van der Waals surface area contributed by atoms with Crippen LogP contribution in [0.4, 0.5) is 10.5 Å². The van der Waals surface area contributed by atoms with Gasteiger partial charge in [-0.1, -0.05) is 12.8 Å². The standard InChI is InChI=1S/C19H22N4O3/c24-19(25)23-8-7-13-9-16(5-6-17(13)23)26-18-10-15(21-12-22-18)11-20-14-3-1-2-4-14/h5-6,9-10,12,14,20H,1-4,7-8,11H2,(H,24,25). The van der Waals surface area contributed by atoms with Crippen molar-refractivity contribution in [3.63, 3.8) is 0 Å². The van der Waals surface area contributed by atoms with E-state index in [1.54, 1.807) is 12.1 Å². The van der Waals surface area contributed by atoms with Gasteiger partial charge >= 0.3 is 6.09 Å². The number of aromatic nitrogens is 2. The van der Waals surface area contributed by atoms with Crippen LogP contribution in [0.5, 0.6) is 11.6 Å². The summed E-state index contributed by atoms with van der Waals surface area (Å²) in [6.07, 6.45) is 6.35. The minimum atomic E-state index is -0.923. The molecule has 0 spiro atoms. The molecule has 0 radical (unpaired) electrons. The molecule has 0 unspecified atom stereocenters. The Morgan fingerprint density at radius 2 is 2.12 bits per heavy atom. The lowest BCUT2D eigenvalue weighted by Gasteiger charge is -2.13. The first-order chi connectivity index (χ1) is 12.7. The fraction of sp³-hybridized carbons (Fsp3) is 0.421. The largest absolute Gasteiger partial charge is 0.465 e. The zero-order valence-electron chi connectivity index (χ0n) is 14.5. The van der Waals surface area contributed by atoms with Crippen LogP contribution in [0.15, 0.2) is 30.6 Å². The normalized spacial score (nSPS) is 16.7. The van der Waals surface area contributed by atoms with Crippen LogP contribution in [0.2, 0.25) is 0 Å². The highest BCUT2D eigenvalue weighted by molar-refractivity contribution is 5.89. The average molecular weight is 354 g/mol. The van der Waals surface area contributed by atoms with E-state index in [1.165, 1.54) is 36.9 Å². The molecule has 26 heavy (non-hydrogen) atoms. The number of nitrogens with zero attached hydrogens (tertiary/aromatic N) is 3. The van der Waals surface area contributed by atoms with E-state index in [-0.39, 0.29) is 0 Å². The number of benzene rings is 1. The van der Waals surface area contributed by atoms with Gasteiger partial charge in [-0.25, -0.2) is 14.8 Å². The van der Waals surface area contributed by atoms with Gasteiger partial charge < -0.3 is 15.2 Å². The Kier molecular flexibility index (Phi) is 4.71. The van der Waals surface area contributed by atoms with E-state index in [1.807, 2.05) is 12.1 Å². The second-order valence-corrected chi connectivity index (χ2v) is 6.79. The molecule has 1 aromatic heterocycles. The number of rotatable bonds is 5. The van der Waals surface area contributed by atoms with Gasteiger partial charge in [0.15, 0.2) is 0 Å². The lowest BCUT2D eigenvalue weighted by atomic mass is 10.1. The topological polar surface area (TPSA) is 87.6 Å². The highest BCUT2D eigenvalue weighted by Crippen LogP contribution is 2.32. The molecule has 7 heteroatoms. The maximum absolute atomic E-state index is 11.2. The molecule has 1 aliphatic heterocycles. The molecule has 0 saturated heterocycles. The molecular weight excluding hydrogens is 332 g/mol. The quantitative estimate of drug-likeness (QED) is 0.856. The number of carboxylic acid groups (broad SMARTS) is 1. The third-order valence-electron chi connectivity index (χ3n) is 5.03. The second-order valence-electron chi connectivity index (χ2n) is 6.79. The molecule has 2 aliphatic rings. The number of amides is 1. The Labute approximate surface area is 152 Å². The average Bonchev–Trinajstić information content (AvgIpc) is 3.29. The molecule has 2 heterocycles. The molecule has 1 aliphatic carbocycles. The van der Waals surface area contributed by atoms with E-state index in [0.717, 1.165) is 16.9 Å². The highest BCUT2D eigenvalue weighted by atomic mass is 16.5. The first-order valence-electron chi connectivity index (χ1n) is 9.04. The minimum absolute atomic E-state index is 0.485. The minimum Gasteiger partial charge on any atom is -0.465 e.